The maximum Gasteiger partial charge on any atom is 0.255 e. The van der Waals surface area contributed by atoms with Gasteiger partial charge in [0.25, 0.3) is 5.56 Å². The second-order valence-corrected chi connectivity index (χ2v) is 7.89. The molecular formula is C15H14BrN3O2S2. The predicted octanol–water partition coefficient (Wildman–Crippen LogP) is 3.32. The van der Waals surface area contributed by atoms with Crippen LogP contribution in [-0.2, 0) is 16.3 Å². The molecule has 0 atom stereocenters. The second kappa shape index (κ2) is 7.11. The monoisotopic (exact) mass is 411 g/mol. The molecule has 3 rings (SSSR count). The lowest BCUT2D eigenvalue weighted by Gasteiger charge is -2.07. The number of carbonyl (C=O) groups is 1. The molecule has 120 valence electrons. The van der Waals surface area contributed by atoms with E-state index in [9.17, 15) is 9.59 Å². The molecule has 1 aromatic carbocycles. The van der Waals surface area contributed by atoms with Gasteiger partial charge in [-0.05, 0) is 30.7 Å². The van der Waals surface area contributed by atoms with E-state index >= 15 is 0 Å². The highest BCUT2D eigenvalue weighted by Gasteiger charge is 2.18. The topological polar surface area (TPSA) is 74.8 Å². The van der Waals surface area contributed by atoms with E-state index in [-0.39, 0.29) is 17.2 Å². The van der Waals surface area contributed by atoms with Crippen molar-refractivity contribution in [2.75, 3.05) is 11.1 Å². The van der Waals surface area contributed by atoms with Crippen LogP contribution in [0.4, 0.5) is 5.69 Å². The Labute approximate surface area is 150 Å². The van der Waals surface area contributed by atoms with Gasteiger partial charge in [0.05, 0.1) is 11.4 Å². The van der Waals surface area contributed by atoms with E-state index in [1.807, 2.05) is 25.1 Å². The number of rotatable bonds is 4. The molecule has 2 aromatic rings. The van der Waals surface area contributed by atoms with Crippen molar-refractivity contribution in [1.29, 1.82) is 0 Å². The summed E-state index contributed by atoms with van der Waals surface area (Å²) in [6, 6.07) is 5.64. The molecule has 0 radical (unpaired) electrons. The van der Waals surface area contributed by atoms with Crippen LogP contribution in [0.1, 0.15) is 16.8 Å². The number of carbonyl (C=O) groups excluding carboxylic acids is 1. The standard InChI is InChI=1S/C15H14BrN3O2S2/c1-8-4-9(2-3-11(8)16)17-13(20)7-23-15-18-12-6-22-5-10(12)14(21)19-15/h2-4H,5-7H2,1H3,(H,17,20)(H,18,19,21). The third kappa shape index (κ3) is 3.99. The molecule has 2 heterocycles. The molecule has 0 saturated heterocycles. The van der Waals surface area contributed by atoms with Crippen molar-refractivity contribution < 1.29 is 4.79 Å². The van der Waals surface area contributed by atoms with Gasteiger partial charge >= 0.3 is 0 Å². The Hall–Kier alpha value is -1.25. The lowest BCUT2D eigenvalue weighted by Crippen LogP contribution is -2.17. The molecular weight excluding hydrogens is 398 g/mol. The van der Waals surface area contributed by atoms with E-state index in [0.29, 0.717) is 10.9 Å². The highest BCUT2D eigenvalue weighted by atomic mass is 79.9. The summed E-state index contributed by atoms with van der Waals surface area (Å²) in [6.45, 7) is 1.96. The van der Waals surface area contributed by atoms with Crippen LogP contribution in [0.15, 0.2) is 32.6 Å². The number of nitrogens with zero attached hydrogens (tertiary/aromatic N) is 1. The zero-order valence-electron chi connectivity index (χ0n) is 12.3. The Kier molecular flexibility index (Phi) is 5.13. The Balaban J connectivity index is 1.62. The first-order valence-electron chi connectivity index (χ1n) is 6.91. The van der Waals surface area contributed by atoms with Crippen molar-refractivity contribution in [2.45, 2.75) is 23.6 Å². The summed E-state index contributed by atoms with van der Waals surface area (Å²) in [5.41, 5.74) is 3.31. The maximum atomic E-state index is 12.0. The molecule has 1 aromatic heterocycles. The molecule has 0 bridgehead atoms. The van der Waals surface area contributed by atoms with Gasteiger partial charge in [-0.3, -0.25) is 9.59 Å². The molecule has 1 aliphatic rings. The minimum atomic E-state index is -0.130. The van der Waals surface area contributed by atoms with E-state index in [0.717, 1.165) is 32.7 Å². The van der Waals surface area contributed by atoms with Gasteiger partial charge in [-0.15, -0.1) is 0 Å². The molecule has 23 heavy (non-hydrogen) atoms. The van der Waals surface area contributed by atoms with E-state index in [4.69, 9.17) is 0 Å². The van der Waals surface area contributed by atoms with E-state index in [2.05, 4.69) is 31.2 Å². The van der Waals surface area contributed by atoms with Gasteiger partial charge in [0.1, 0.15) is 0 Å². The first-order chi connectivity index (χ1) is 11.0. The Bertz CT molecular complexity index is 823. The van der Waals surface area contributed by atoms with Crippen molar-refractivity contribution in [3.8, 4) is 0 Å². The molecule has 0 saturated carbocycles. The lowest BCUT2D eigenvalue weighted by atomic mass is 10.2. The highest BCUT2D eigenvalue weighted by molar-refractivity contribution is 9.10. The fourth-order valence-electron chi connectivity index (χ4n) is 2.16. The minimum absolute atomic E-state index is 0.0913. The molecule has 2 N–H and O–H groups in total. The first kappa shape index (κ1) is 16.6. The summed E-state index contributed by atoms with van der Waals surface area (Å²) in [5, 5.41) is 3.34. The molecule has 0 fully saturated rings. The van der Waals surface area contributed by atoms with Crippen molar-refractivity contribution in [2.24, 2.45) is 0 Å². The predicted molar refractivity (Wildman–Crippen MR) is 98.1 cm³/mol. The van der Waals surface area contributed by atoms with E-state index < -0.39 is 0 Å². The first-order valence-corrected chi connectivity index (χ1v) is 9.85. The zero-order chi connectivity index (χ0) is 16.4. The molecule has 8 heteroatoms. The Morgan fingerprint density at radius 1 is 1.48 bits per heavy atom. The average molecular weight is 412 g/mol. The molecule has 0 unspecified atom stereocenters. The number of halogens is 1. The molecule has 0 aliphatic carbocycles. The van der Waals surface area contributed by atoms with Crippen LogP contribution in [0.5, 0.6) is 0 Å². The van der Waals surface area contributed by atoms with E-state index in [1.54, 1.807) is 11.8 Å². The molecule has 1 amide bonds. The van der Waals surface area contributed by atoms with Crippen LogP contribution in [0.2, 0.25) is 0 Å². The number of aromatic nitrogens is 2. The van der Waals surface area contributed by atoms with Crippen LogP contribution in [0, 0.1) is 6.92 Å². The number of nitrogens with one attached hydrogen (secondary N) is 2. The highest BCUT2D eigenvalue weighted by Crippen LogP contribution is 2.26. The number of amides is 1. The average Bonchev–Trinajstić information content (AvgIpc) is 2.98. The van der Waals surface area contributed by atoms with Gasteiger partial charge in [-0.2, -0.15) is 11.8 Å². The zero-order valence-corrected chi connectivity index (χ0v) is 15.5. The maximum absolute atomic E-state index is 12.0. The fourth-order valence-corrected chi connectivity index (χ4v) is 4.12. The number of H-pyrrole nitrogens is 1. The van der Waals surface area contributed by atoms with Crippen LogP contribution in [0.25, 0.3) is 0 Å². The normalized spacial score (nSPS) is 13.0. The number of aryl methyl sites for hydroxylation is 1. The van der Waals surface area contributed by atoms with E-state index in [1.165, 1.54) is 11.8 Å². The number of hydrogen-bond donors (Lipinski definition) is 2. The lowest BCUT2D eigenvalue weighted by molar-refractivity contribution is -0.113. The quantitative estimate of drug-likeness (QED) is 0.595. The van der Waals surface area contributed by atoms with Crippen molar-refractivity contribution in [3.63, 3.8) is 0 Å². The van der Waals surface area contributed by atoms with Crippen LogP contribution >= 0.6 is 39.5 Å². The van der Waals surface area contributed by atoms with Gasteiger partial charge in [0, 0.05) is 27.2 Å². The van der Waals surface area contributed by atoms with Crippen LogP contribution in [-0.4, -0.2) is 21.6 Å². The van der Waals surface area contributed by atoms with Crippen LogP contribution < -0.4 is 10.9 Å². The van der Waals surface area contributed by atoms with Gasteiger partial charge in [0.2, 0.25) is 5.91 Å². The Morgan fingerprint density at radius 2 is 2.30 bits per heavy atom. The number of thioether (sulfide) groups is 2. The summed E-state index contributed by atoms with van der Waals surface area (Å²) in [4.78, 5) is 31.1. The van der Waals surface area contributed by atoms with Gasteiger partial charge < -0.3 is 10.3 Å². The van der Waals surface area contributed by atoms with Crippen molar-refractivity contribution >= 4 is 51.0 Å². The molecule has 0 spiro atoms. The number of benzene rings is 1. The molecule has 1 aliphatic heterocycles. The number of fused-ring (bicyclic) bond motifs is 1. The summed E-state index contributed by atoms with van der Waals surface area (Å²) < 4.78 is 1.00. The smallest absolute Gasteiger partial charge is 0.255 e. The minimum Gasteiger partial charge on any atom is -0.325 e. The summed E-state index contributed by atoms with van der Waals surface area (Å²) in [6.07, 6.45) is 0. The third-order valence-electron chi connectivity index (χ3n) is 3.35. The van der Waals surface area contributed by atoms with Gasteiger partial charge in [-0.25, -0.2) is 4.98 Å². The number of hydrogen-bond acceptors (Lipinski definition) is 5. The summed E-state index contributed by atoms with van der Waals surface area (Å²) in [7, 11) is 0. The Morgan fingerprint density at radius 3 is 3.09 bits per heavy atom. The van der Waals surface area contributed by atoms with Crippen molar-refractivity contribution in [3.05, 3.63) is 49.8 Å². The number of aromatic amines is 1. The summed E-state index contributed by atoms with van der Waals surface area (Å²) >= 11 is 6.35. The second-order valence-electron chi connectivity index (χ2n) is 5.09. The summed E-state index contributed by atoms with van der Waals surface area (Å²) in [5.74, 6) is 1.54. The van der Waals surface area contributed by atoms with Gasteiger partial charge in [0.15, 0.2) is 5.16 Å². The fraction of sp³-hybridized carbons (Fsp3) is 0.267. The third-order valence-corrected chi connectivity index (χ3v) is 6.08. The number of anilines is 1. The van der Waals surface area contributed by atoms with Crippen molar-refractivity contribution in [1.82, 2.24) is 9.97 Å². The van der Waals surface area contributed by atoms with Gasteiger partial charge in [-0.1, -0.05) is 27.7 Å². The van der Waals surface area contributed by atoms with Crippen LogP contribution in [0.3, 0.4) is 0 Å². The molecule has 5 nitrogen and oxygen atoms in total. The SMILES string of the molecule is Cc1cc(NC(=O)CSc2nc3c(c(=O)[nH]2)CSC3)ccc1Br. The largest absolute Gasteiger partial charge is 0.325 e.